The fourth-order valence-electron chi connectivity index (χ4n) is 8.17. The summed E-state index contributed by atoms with van der Waals surface area (Å²) in [5, 5.41) is 0. The van der Waals surface area contributed by atoms with Gasteiger partial charge in [-0.2, -0.15) is 0 Å². The SMILES string of the molecule is CC(C)C(C)/C=C/[C@@H](C)[C@H]1CC[C@H]2[C@@H]3CCC4=CC(=O)CC[C@]4(C)[C@H]3CC[C@]12C. The number of carbonyl (C=O) groups is 1. The number of hydrogen-bond acceptors (Lipinski definition) is 1. The normalized spacial score (nSPS) is 44.2. The highest BCUT2D eigenvalue weighted by molar-refractivity contribution is 5.91. The Morgan fingerprint density at radius 3 is 2.41 bits per heavy atom. The van der Waals surface area contributed by atoms with E-state index in [9.17, 15) is 4.79 Å². The molecular formula is C28H44O. The van der Waals surface area contributed by atoms with Crippen LogP contribution in [-0.2, 0) is 4.79 Å². The zero-order valence-corrected chi connectivity index (χ0v) is 19.8. The fourth-order valence-corrected chi connectivity index (χ4v) is 8.17. The van der Waals surface area contributed by atoms with Gasteiger partial charge in [-0.05, 0) is 103 Å². The van der Waals surface area contributed by atoms with Gasteiger partial charge in [-0.25, -0.2) is 0 Å². The third kappa shape index (κ3) is 3.49. The lowest BCUT2D eigenvalue weighted by atomic mass is 9.46. The van der Waals surface area contributed by atoms with E-state index in [0.29, 0.717) is 28.4 Å². The van der Waals surface area contributed by atoms with E-state index in [-0.39, 0.29) is 0 Å². The molecule has 0 saturated heterocycles. The van der Waals surface area contributed by atoms with Crippen molar-refractivity contribution < 1.29 is 4.79 Å². The molecule has 4 aliphatic carbocycles. The van der Waals surface area contributed by atoms with Crippen LogP contribution in [0.15, 0.2) is 23.8 Å². The minimum atomic E-state index is 0.314. The molecule has 0 amide bonds. The molecule has 0 heterocycles. The third-order valence-corrected chi connectivity index (χ3v) is 10.4. The number of ketones is 1. The van der Waals surface area contributed by atoms with Crippen LogP contribution in [0.3, 0.4) is 0 Å². The number of carbonyl (C=O) groups excluding carboxylic acids is 1. The molecule has 0 bridgehead atoms. The van der Waals surface area contributed by atoms with Gasteiger partial charge in [0.15, 0.2) is 5.78 Å². The summed E-state index contributed by atoms with van der Waals surface area (Å²) in [6.07, 6.45) is 17.2. The van der Waals surface area contributed by atoms with E-state index in [1.807, 2.05) is 6.08 Å². The first-order valence-electron chi connectivity index (χ1n) is 12.6. The highest BCUT2D eigenvalue weighted by Crippen LogP contribution is 2.67. The summed E-state index contributed by atoms with van der Waals surface area (Å²) in [5.74, 6) is 5.95. The van der Waals surface area contributed by atoms with Gasteiger partial charge in [0, 0.05) is 6.42 Å². The van der Waals surface area contributed by atoms with Gasteiger partial charge in [-0.1, -0.05) is 59.3 Å². The number of hydrogen-bond donors (Lipinski definition) is 0. The highest BCUT2D eigenvalue weighted by Gasteiger charge is 2.59. The van der Waals surface area contributed by atoms with Crippen molar-refractivity contribution in [2.45, 2.75) is 92.9 Å². The lowest BCUT2D eigenvalue weighted by Gasteiger charge is -2.58. The van der Waals surface area contributed by atoms with Gasteiger partial charge in [-0.3, -0.25) is 4.79 Å². The molecule has 0 radical (unpaired) electrons. The van der Waals surface area contributed by atoms with E-state index in [0.717, 1.165) is 42.4 Å². The van der Waals surface area contributed by atoms with Gasteiger partial charge >= 0.3 is 0 Å². The highest BCUT2D eigenvalue weighted by atomic mass is 16.1. The molecule has 1 heteroatoms. The van der Waals surface area contributed by atoms with Crippen LogP contribution in [0.5, 0.6) is 0 Å². The molecule has 1 nitrogen and oxygen atoms in total. The molecule has 4 rings (SSSR count). The van der Waals surface area contributed by atoms with E-state index >= 15 is 0 Å². The summed E-state index contributed by atoms with van der Waals surface area (Å²) < 4.78 is 0. The molecule has 4 aliphatic rings. The summed E-state index contributed by atoms with van der Waals surface area (Å²) >= 11 is 0. The minimum absolute atomic E-state index is 0.314. The monoisotopic (exact) mass is 396 g/mol. The maximum atomic E-state index is 12.0. The number of allylic oxidation sites excluding steroid dienone is 3. The van der Waals surface area contributed by atoms with Crippen LogP contribution >= 0.6 is 0 Å². The quantitative estimate of drug-likeness (QED) is 0.447. The Kier molecular flexibility index (Phi) is 5.67. The van der Waals surface area contributed by atoms with Crippen LogP contribution in [0, 0.1) is 52.3 Å². The van der Waals surface area contributed by atoms with E-state index in [1.54, 1.807) is 0 Å². The molecule has 8 atom stereocenters. The van der Waals surface area contributed by atoms with E-state index < -0.39 is 0 Å². The summed E-state index contributed by atoms with van der Waals surface area (Å²) in [5.41, 5.74) is 2.34. The zero-order valence-electron chi connectivity index (χ0n) is 19.8. The molecule has 0 aromatic heterocycles. The maximum absolute atomic E-state index is 12.0. The Morgan fingerprint density at radius 2 is 1.69 bits per heavy atom. The van der Waals surface area contributed by atoms with Crippen LogP contribution in [0.2, 0.25) is 0 Å². The molecule has 0 aromatic rings. The summed E-state index contributed by atoms with van der Waals surface area (Å²) in [7, 11) is 0. The van der Waals surface area contributed by atoms with Crippen LogP contribution in [0.25, 0.3) is 0 Å². The maximum Gasteiger partial charge on any atom is 0.155 e. The summed E-state index contributed by atoms with van der Waals surface area (Å²) in [6, 6.07) is 0. The Morgan fingerprint density at radius 1 is 0.931 bits per heavy atom. The number of rotatable bonds is 4. The lowest BCUT2D eigenvalue weighted by molar-refractivity contribution is -0.117. The van der Waals surface area contributed by atoms with Gasteiger partial charge in [0.1, 0.15) is 0 Å². The second-order valence-electron chi connectivity index (χ2n) is 12.0. The van der Waals surface area contributed by atoms with Gasteiger partial charge in [0.05, 0.1) is 0 Å². The standard InChI is InChI=1S/C28H44O/c1-18(2)19(3)7-8-20(4)24-11-12-25-23-10-9-21-17-22(29)13-15-27(21,5)26(23)14-16-28(24,25)6/h7-8,17-20,23-26H,9-16H2,1-6H3/b8-7+/t19?,20-,23+,24-,25+,26+,27+,28-/m1/s1. The van der Waals surface area contributed by atoms with Crippen molar-refractivity contribution in [3.05, 3.63) is 23.8 Å². The van der Waals surface area contributed by atoms with Crippen molar-refractivity contribution in [3.63, 3.8) is 0 Å². The predicted molar refractivity (Wildman–Crippen MR) is 123 cm³/mol. The first kappa shape index (κ1) is 21.4. The molecule has 0 aromatic carbocycles. The largest absolute Gasteiger partial charge is 0.295 e. The Labute approximate surface area is 179 Å². The van der Waals surface area contributed by atoms with Gasteiger partial charge < -0.3 is 0 Å². The molecular weight excluding hydrogens is 352 g/mol. The van der Waals surface area contributed by atoms with Crippen LogP contribution in [0.4, 0.5) is 0 Å². The van der Waals surface area contributed by atoms with Crippen LogP contribution in [0.1, 0.15) is 92.9 Å². The Hall–Kier alpha value is -0.850. The molecule has 162 valence electrons. The van der Waals surface area contributed by atoms with Crippen molar-refractivity contribution in [3.8, 4) is 0 Å². The molecule has 1 unspecified atom stereocenters. The average molecular weight is 397 g/mol. The van der Waals surface area contributed by atoms with Crippen molar-refractivity contribution in [1.82, 2.24) is 0 Å². The lowest BCUT2D eigenvalue weighted by Crippen LogP contribution is -2.50. The second kappa shape index (κ2) is 7.69. The van der Waals surface area contributed by atoms with Crippen molar-refractivity contribution in [1.29, 1.82) is 0 Å². The fraction of sp³-hybridized carbons (Fsp3) is 0.821. The zero-order chi connectivity index (χ0) is 21.0. The van der Waals surface area contributed by atoms with E-state index in [4.69, 9.17) is 0 Å². The van der Waals surface area contributed by atoms with Crippen molar-refractivity contribution >= 4 is 5.78 Å². The molecule has 0 spiro atoms. The molecule has 0 aliphatic heterocycles. The van der Waals surface area contributed by atoms with Gasteiger partial charge in [0.2, 0.25) is 0 Å². The van der Waals surface area contributed by atoms with E-state index in [2.05, 4.69) is 53.7 Å². The first-order chi connectivity index (χ1) is 13.7. The Balaban J connectivity index is 1.53. The van der Waals surface area contributed by atoms with E-state index in [1.165, 1.54) is 44.1 Å². The second-order valence-corrected chi connectivity index (χ2v) is 12.0. The molecule has 3 saturated carbocycles. The van der Waals surface area contributed by atoms with Crippen LogP contribution in [-0.4, -0.2) is 5.78 Å². The van der Waals surface area contributed by atoms with Crippen molar-refractivity contribution in [2.24, 2.45) is 52.3 Å². The van der Waals surface area contributed by atoms with Gasteiger partial charge in [0.25, 0.3) is 0 Å². The average Bonchev–Trinajstić information content (AvgIpc) is 3.03. The summed E-state index contributed by atoms with van der Waals surface area (Å²) in [4.78, 5) is 12.0. The summed E-state index contributed by atoms with van der Waals surface area (Å²) in [6.45, 7) is 14.7. The molecule has 0 N–H and O–H groups in total. The number of fused-ring (bicyclic) bond motifs is 5. The topological polar surface area (TPSA) is 17.1 Å². The Bertz CT molecular complexity index is 699. The third-order valence-electron chi connectivity index (χ3n) is 10.4. The van der Waals surface area contributed by atoms with Crippen LogP contribution < -0.4 is 0 Å². The van der Waals surface area contributed by atoms with Gasteiger partial charge in [-0.15, -0.1) is 0 Å². The first-order valence-corrected chi connectivity index (χ1v) is 12.6. The molecule has 29 heavy (non-hydrogen) atoms. The minimum Gasteiger partial charge on any atom is -0.295 e. The predicted octanol–water partition coefficient (Wildman–Crippen LogP) is 7.62. The molecule has 3 fully saturated rings. The smallest absolute Gasteiger partial charge is 0.155 e. The van der Waals surface area contributed by atoms with Crippen molar-refractivity contribution in [2.75, 3.05) is 0 Å².